The molecule has 0 saturated carbocycles. The number of aliphatic carboxylic acids is 1. The molecule has 0 aliphatic carbocycles. The van der Waals surface area contributed by atoms with E-state index in [2.05, 4.69) is 19.2 Å². The van der Waals surface area contributed by atoms with E-state index >= 15 is 0 Å². The lowest BCUT2D eigenvalue weighted by atomic mass is 10.1. The van der Waals surface area contributed by atoms with Gasteiger partial charge in [0.2, 0.25) is 5.91 Å². The van der Waals surface area contributed by atoms with Crippen LogP contribution in [0.3, 0.4) is 0 Å². The van der Waals surface area contributed by atoms with Crippen LogP contribution in [0.1, 0.15) is 32.3 Å². The van der Waals surface area contributed by atoms with Crippen LogP contribution in [0.5, 0.6) is 5.75 Å². The smallest absolute Gasteiger partial charge is 0.305 e. The molecule has 2 N–H and O–H groups in total. The number of fused-ring (bicyclic) bond motifs is 1. The number of nitrogens with one attached hydrogen (secondary N) is 1. The molecule has 1 unspecified atom stereocenters. The minimum absolute atomic E-state index is 0.225. The van der Waals surface area contributed by atoms with Gasteiger partial charge in [0, 0.05) is 13.6 Å². The van der Waals surface area contributed by atoms with E-state index in [1.54, 1.807) is 11.9 Å². The predicted molar refractivity (Wildman–Crippen MR) is 87.5 cm³/mol. The van der Waals surface area contributed by atoms with Crippen LogP contribution < -0.4 is 10.1 Å². The van der Waals surface area contributed by atoms with Crippen molar-refractivity contribution >= 4 is 17.6 Å². The van der Waals surface area contributed by atoms with Gasteiger partial charge in [-0.3, -0.25) is 9.59 Å². The summed E-state index contributed by atoms with van der Waals surface area (Å²) < 4.78 is 5.85. The summed E-state index contributed by atoms with van der Waals surface area (Å²) in [5.74, 6) is -0.0259. The number of likely N-dealkylation sites (N-methyl/N-ethyl adjacent to an activating group) is 1. The second-order valence-corrected chi connectivity index (χ2v) is 6.31. The van der Waals surface area contributed by atoms with Crippen molar-refractivity contribution in [2.75, 3.05) is 19.0 Å². The van der Waals surface area contributed by atoms with Crippen LogP contribution in [0.15, 0.2) is 18.2 Å². The lowest BCUT2D eigenvalue weighted by molar-refractivity contribution is -0.141. The van der Waals surface area contributed by atoms with Gasteiger partial charge in [0.25, 0.3) is 0 Å². The molecule has 23 heavy (non-hydrogen) atoms. The Hall–Kier alpha value is -2.24. The number of para-hydroxylation sites is 1. The first-order chi connectivity index (χ1) is 10.9. The molecule has 1 heterocycles. The molecule has 6 heteroatoms. The van der Waals surface area contributed by atoms with Crippen LogP contribution in [-0.2, 0) is 16.1 Å². The Kier molecular flexibility index (Phi) is 5.47. The van der Waals surface area contributed by atoms with Crippen LogP contribution in [0.2, 0.25) is 0 Å². The summed E-state index contributed by atoms with van der Waals surface area (Å²) in [4.78, 5) is 24.9. The zero-order chi connectivity index (χ0) is 17.0. The van der Waals surface area contributed by atoms with Gasteiger partial charge < -0.3 is 20.1 Å². The van der Waals surface area contributed by atoms with Crippen LogP contribution in [0.4, 0.5) is 5.69 Å². The van der Waals surface area contributed by atoms with Crippen molar-refractivity contribution in [2.24, 2.45) is 5.92 Å². The third-order valence-electron chi connectivity index (χ3n) is 3.84. The van der Waals surface area contributed by atoms with E-state index in [0.29, 0.717) is 24.8 Å². The number of nitrogens with zero attached hydrogens (tertiary/aromatic N) is 1. The summed E-state index contributed by atoms with van der Waals surface area (Å²) in [5, 5.41) is 12.1. The van der Waals surface area contributed by atoms with Gasteiger partial charge in [-0.05, 0) is 24.0 Å². The van der Waals surface area contributed by atoms with Crippen molar-refractivity contribution in [2.45, 2.75) is 39.3 Å². The topological polar surface area (TPSA) is 78.9 Å². The van der Waals surface area contributed by atoms with Crippen LogP contribution in [0.25, 0.3) is 0 Å². The molecule has 0 radical (unpaired) electrons. The Bertz CT molecular complexity index is 586. The van der Waals surface area contributed by atoms with E-state index in [9.17, 15) is 9.59 Å². The zero-order valence-corrected chi connectivity index (χ0v) is 13.8. The van der Waals surface area contributed by atoms with Gasteiger partial charge in [0.1, 0.15) is 11.8 Å². The molecule has 0 bridgehead atoms. The van der Waals surface area contributed by atoms with Crippen molar-refractivity contribution < 1.29 is 19.4 Å². The Balaban J connectivity index is 2.26. The fourth-order valence-corrected chi connectivity index (χ4v) is 2.55. The number of hydrogen-bond acceptors (Lipinski definition) is 4. The highest BCUT2D eigenvalue weighted by Gasteiger charge is 2.30. The molecule has 1 aliphatic heterocycles. The van der Waals surface area contributed by atoms with E-state index in [1.165, 1.54) is 0 Å². The number of benzene rings is 1. The van der Waals surface area contributed by atoms with E-state index in [1.807, 2.05) is 18.2 Å². The lowest BCUT2D eigenvalue weighted by Crippen LogP contribution is -2.39. The summed E-state index contributed by atoms with van der Waals surface area (Å²) >= 11 is 0. The van der Waals surface area contributed by atoms with Crippen LogP contribution in [0, 0.1) is 5.92 Å². The Morgan fingerprint density at radius 3 is 2.87 bits per heavy atom. The third-order valence-corrected chi connectivity index (χ3v) is 3.84. The molecule has 0 fully saturated rings. The monoisotopic (exact) mass is 320 g/mol. The summed E-state index contributed by atoms with van der Waals surface area (Å²) in [6, 6.07) is 4.87. The fraction of sp³-hybridized carbons (Fsp3) is 0.529. The highest BCUT2D eigenvalue weighted by Crippen LogP contribution is 2.33. The molecule has 6 nitrogen and oxygen atoms in total. The molecule has 126 valence electrons. The first kappa shape index (κ1) is 17.1. The molecule has 1 amide bonds. The first-order valence-corrected chi connectivity index (χ1v) is 7.86. The number of carbonyl (C=O) groups excluding carboxylic acids is 1. The molecule has 1 aromatic carbocycles. The van der Waals surface area contributed by atoms with Gasteiger partial charge in [-0.1, -0.05) is 26.0 Å². The molecule has 2 rings (SSSR count). The third kappa shape index (κ3) is 4.37. The number of carbonyl (C=O) groups is 2. The number of amides is 1. The number of rotatable bonds is 6. The first-order valence-electron chi connectivity index (χ1n) is 7.86. The zero-order valence-electron chi connectivity index (χ0n) is 13.8. The van der Waals surface area contributed by atoms with Crippen LogP contribution >= 0.6 is 0 Å². The van der Waals surface area contributed by atoms with E-state index in [0.717, 1.165) is 17.7 Å². The van der Waals surface area contributed by atoms with Gasteiger partial charge in [0.15, 0.2) is 0 Å². The number of hydrogen-bond donors (Lipinski definition) is 2. The quantitative estimate of drug-likeness (QED) is 0.841. The SMILES string of the molecule is CC(C)CCOc1cccc2c1NC(CC(=O)O)C(=O)N(C)C2. The van der Waals surface area contributed by atoms with Gasteiger partial charge in [-0.2, -0.15) is 0 Å². The Morgan fingerprint density at radius 2 is 2.22 bits per heavy atom. The minimum atomic E-state index is -1.01. The van der Waals surface area contributed by atoms with Gasteiger partial charge in [-0.15, -0.1) is 0 Å². The summed E-state index contributed by atoms with van der Waals surface area (Å²) in [6.45, 7) is 5.27. The highest BCUT2D eigenvalue weighted by molar-refractivity contribution is 5.90. The van der Waals surface area contributed by atoms with Crippen molar-refractivity contribution in [3.63, 3.8) is 0 Å². The number of ether oxygens (including phenoxy) is 1. The Morgan fingerprint density at radius 1 is 1.48 bits per heavy atom. The van der Waals surface area contributed by atoms with E-state index in [4.69, 9.17) is 9.84 Å². The van der Waals surface area contributed by atoms with Gasteiger partial charge >= 0.3 is 5.97 Å². The maximum absolute atomic E-state index is 12.3. The molecular formula is C17H24N2O4. The molecule has 0 saturated heterocycles. The van der Waals surface area contributed by atoms with Crippen molar-refractivity contribution in [1.82, 2.24) is 4.90 Å². The second-order valence-electron chi connectivity index (χ2n) is 6.31. The summed E-state index contributed by atoms with van der Waals surface area (Å²) in [5.41, 5.74) is 1.65. The standard InChI is InChI=1S/C17H24N2O4/c1-11(2)7-8-23-14-6-4-5-12-10-19(3)17(22)13(9-15(20)21)18-16(12)14/h4-6,11,13,18H,7-10H2,1-3H3,(H,20,21). The molecule has 1 aliphatic rings. The largest absolute Gasteiger partial charge is 0.491 e. The van der Waals surface area contributed by atoms with Gasteiger partial charge in [0.05, 0.1) is 18.7 Å². The lowest BCUT2D eigenvalue weighted by Gasteiger charge is -2.19. The number of carboxylic acid groups (broad SMARTS) is 1. The molecule has 0 spiro atoms. The highest BCUT2D eigenvalue weighted by atomic mass is 16.5. The maximum Gasteiger partial charge on any atom is 0.305 e. The average molecular weight is 320 g/mol. The maximum atomic E-state index is 12.3. The Labute approximate surface area is 136 Å². The average Bonchev–Trinajstić information content (AvgIpc) is 2.58. The normalized spacial score (nSPS) is 17.5. The van der Waals surface area contributed by atoms with Crippen LogP contribution in [-0.4, -0.2) is 41.6 Å². The van der Waals surface area contributed by atoms with Crippen molar-refractivity contribution in [3.05, 3.63) is 23.8 Å². The number of anilines is 1. The summed E-state index contributed by atoms with van der Waals surface area (Å²) in [7, 11) is 1.68. The molecule has 1 atom stereocenters. The second kappa shape index (κ2) is 7.35. The fourth-order valence-electron chi connectivity index (χ4n) is 2.55. The predicted octanol–water partition coefficient (Wildman–Crippen LogP) is 2.34. The minimum Gasteiger partial charge on any atom is -0.491 e. The molecular weight excluding hydrogens is 296 g/mol. The summed E-state index contributed by atoms with van der Waals surface area (Å²) in [6.07, 6.45) is 0.671. The van der Waals surface area contributed by atoms with E-state index < -0.39 is 12.0 Å². The van der Waals surface area contributed by atoms with E-state index in [-0.39, 0.29) is 12.3 Å². The number of carboxylic acids is 1. The van der Waals surface area contributed by atoms with Gasteiger partial charge in [-0.25, -0.2) is 0 Å². The van der Waals surface area contributed by atoms with Crippen molar-refractivity contribution in [1.29, 1.82) is 0 Å². The molecule has 0 aromatic heterocycles. The van der Waals surface area contributed by atoms with Crippen molar-refractivity contribution in [3.8, 4) is 5.75 Å². The molecule has 1 aromatic rings.